The molecule has 1 fully saturated rings. The van der Waals surface area contributed by atoms with Crippen molar-refractivity contribution in [2.75, 3.05) is 13.1 Å². The Morgan fingerprint density at radius 2 is 2.25 bits per heavy atom. The predicted molar refractivity (Wildman–Crippen MR) is 91.6 cm³/mol. The molecule has 0 bridgehead atoms. The van der Waals surface area contributed by atoms with E-state index in [2.05, 4.69) is 44.2 Å². The first-order valence-electron chi connectivity index (χ1n) is 7.25. The standard InChI is InChI=1S/C13H24N6.HI/c1-3-7-14-13(17-11-5-6-11)15-8-9-19-10-16-18-12(19)4-2;/h10-11H,3-9H2,1-2H3,(H2,14,15,17);1H. The Kier molecular flexibility index (Phi) is 7.86. The van der Waals surface area contributed by atoms with Gasteiger partial charge in [0.2, 0.25) is 0 Å². The molecule has 1 aromatic rings. The number of aliphatic imine (C=N–C) groups is 1. The van der Waals surface area contributed by atoms with Crippen LogP contribution in [0.2, 0.25) is 0 Å². The minimum atomic E-state index is 0. The van der Waals surface area contributed by atoms with Crippen LogP contribution in [0.3, 0.4) is 0 Å². The van der Waals surface area contributed by atoms with Gasteiger partial charge in [0.25, 0.3) is 0 Å². The van der Waals surface area contributed by atoms with Crippen LogP contribution in [0.5, 0.6) is 0 Å². The summed E-state index contributed by atoms with van der Waals surface area (Å²) in [6, 6.07) is 0.629. The molecule has 114 valence electrons. The third-order valence-corrected chi connectivity index (χ3v) is 3.07. The molecular weight excluding hydrogens is 367 g/mol. The second kappa shape index (κ2) is 9.15. The maximum Gasteiger partial charge on any atom is 0.191 e. The monoisotopic (exact) mass is 392 g/mol. The fraction of sp³-hybridized carbons (Fsp3) is 0.769. The van der Waals surface area contributed by atoms with Crippen molar-refractivity contribution >= 4 is 29.9 Å². The number of nitrogens with one attached hydrogen (secondary N) is 2. The number of rotatable bonds is 7. The van der Waals surface area contributed by atoms with Gasteiger partial charge in [-0.1, -0.05) is 13.8 Å². The van der Waals surface area contributed by atoms with Crippen LogP contribution >= 0.6 is 24.0 Å². The summed E-state index contributed by atoms with van der Waals surface area (Å²) in [5, 5.41) is 14.8. The van der Waals surface area contributed by atoms with Gasteiger partial charge in [0, 0.05) is 32.1 Å². The molecule has 1 saturated carbocycles. The maximum atomic E-state index is 4.54. The molecule has 0 aromatic carbocycles. The molecule has 6 nitrogen and oxygen atoms in total. The van der Waals surface area contributed by atoms with Gasteiger partial charge in [-0.15, -0.1) is 34.2 Å². The lowest BCUT2D eigenvalue weighted by molar-refractivity contribution is 0.631. The fourth-order valence-electron chi connectivity index (χ4n) is 1.83. The number of guanidine groups is 1. The molecule has 1 aromatic heterocycles. The number of aromatic nitrogens is 3. The van der Waals surface area contributed by atoms with Crippen LogP contribution in [0, 0.1) is 0 Å². The number of halogens is 1. The van der Waals surface area contributed by atoms with Gasteiger partial charge in [0.15, 0.2) is 5.96 Å². The lowest BCUT2D eigenvalue weighted by Crippen LogP contribution is -2.40. The molecule has 0 saturated heterocycles. The highest BCUT2D eigenvalue weighted by Gasteiger charge is 2.22. The van der Waals surface area contributed by atoms with Gasteiger partial charge in [0.05, 0.1) is 0 Å². The first-order valence-corrected chi connectivity index (χ1v) is 7.25. The van der Waals surface area contributed by atoms with Crippen LogP contribution in [0.25, 0.3) is 0 Å². The molecule has 20 heavy (non-hydrogen) atoms. The molecule has 0 atom stereocenters. The lowest BCUT2D eigenvalue weighted by Gasteiger charge is -2.12. The van der Waals surface area contributed by atoms with Crippen LogP contribution in [-0.4, -0.2) is 39.9 Å². The molecule has 2 N–H and O–H groups in total. The first-order chi connectivity index (χ1) is 9.33. The fourth-order valence-corrected chi connectivity index (χ4v) is 1.83. The van der Waals surface area contributed by atoms with E-state index in [1.165, 1.54) is 12.8 Å². The summed E-state index contributed by atoms with van der Waals surface area (Å²) in [6.07, 6.45) is 6.30. The molecule has 0 amide bonds. The predicted octanol–water partition coefficient (Wildman–Crippen LogP) is 1.57. The van der Waals surface area contributed by atoms with Crippen molar-refractivity contribution in [1.82, 2.24) is 25.4 Å². The first kappa shape index (κ1) is 17.2. The Bertz CT molecular complexity index is 413. The number of hydrogen-bond donors (Lipinski definition) is 2. The quantitative estimate of drug-likeness (QED) is 0.420. The van der Waals surface area contributed by atoms with E-state index in [1.807, 2.05) is 0 Å². The van der Waals surface area contributed by atoms with Crippen molar-refractivity contribution < 1.29 is 0 Å². The van der Waals surface area contributed by atoms with Crippen LogP contribution in [0.4, 0.5) is 0 Å². The van der Waals surface area contributed by atoms with E-state index in [4.69, 9.17) is 0 Å². The zero-order valence-electron chi connectivity index (χ0n) is 12.3. The lowest BCUT2D eigenvalue weighted by atomic mass is 10.4. The van der Waals surface area contributed by atoms with E-state index in [9.17, 15) is 0 Å². The molecule has 1 aliphatic rings. The highest BCUT2D eigenvalue weighted by molar-refractivity contribution is 14.0. The Morgan fingerprint density at radius 1 is 1.45 bits per heavy atom. The van der Waals surface area contributed by atoms with Gasteiger partial charge in [-0.3, -0.25) is 4.99 Å². The minimum Gasteiger partial charge on any atom is -0.355 e. The van der Waals surface area contributed by atoms with Crippen molar-refractivity contribution in [1.29, 1.82) is 0 Å². The summed E-state index contributed by atoms with van der Waals surface area (Å²) >= 11 is 0. The highest BCUT2D eigenvalue weighted by Crippen LogP contribution is 2.18. The summed E-state index contributed by atoms with van der Waals surface area (Å²) in [7, 11) is 0. The second-order valence-corrected chi connectivity index (χ2v) is 4.87. The van der Waals surface area contributed by atoms with Gasteiger partial charge in [-0.25, -0.2) is 0 Å². The van der Waals surface area contributed by atoms with Gasteiger partial charge in [0.1, 0.15) is 12.2 Å². The second-order valence-electron chi connectivity index (χ2n) is 4.87. The largest absolute Gasteiger partial charge is 0.355 e. The van der Waals surface area contributed by atoms with E-state index in [1.54, 1.807) is 6.33 Å². The van der Waals surface area contributed by atoms with Gasteiger partial charge < -0.3 is 15.2 Å². The molecule has 0 unspecified atom stereocenters. The van der Waals surface area contributed by atoms with E-state index < -0.39 is 0 Å². The van der Waals surface area contributed by atoms with Crippen LogP contribution in [-0.2, 0) is 13.0 Å². The van der Waals surface area contributed by atoms with E-state index in [-0.39, 0.29) is 24.0 Å². The summed E-state index contributed by atoms with van der Waals surface area (Å²) in [4.78, 5) is 4.54. The average molecular weight is 392 g/mol. The third kappa shape index (κ3) is 5.64. The van der Waals surface area contributed by atoms with E-state index in [0.29, 0.717) is 6.04 Å². The van der Waals surface area contributed by atoms with Crippen LogP contribution in [0.15, 0.2) is 11.3 Å². The molecular formula is C13H25IN6. The number of nitrogens with zero attached hydrogens (tertiary/aromatic N) is 4. The van der Waals surface area contributed by atoms with Gasteiger partial charge in [-0.05, 0) is 19.3 Å². The van der Waals surface area contributed by atoms with Crippen molar-refractivity contribution in [3.8, 4) is 0 Å². The van der Waals surface area contributed by atoms with Gasteiger partial charge in [-0.2, -0.15) is 0 Å². The molecule has 7 heteroatoms. The Balaban J connectivity index is 0.00000200. The Labute approximate surface area is 137 Å². The van der Waals surface area contributed by atoms with E-state index in [0.717, 1.165) is 44.3 Å². The third-order valence-electron chi connectivity index (χ3n) is 3.07. The smallest absolute Gasteiger partial charge is 0.191 e. The van der Waals surface area contributed by atoms with Crippen molar-refractivity contribution in [3.05, 3.63) is 12.2 Å². The summed E-state index contributed by atoms with van der Waals surface area (Å²) in [5.41, 5.74) is 0. The van der Waals surface area contributed by atoms with Crippen molar-refractivity contribution in [3.63, 3.8) is 0 Å². The molecule has 0 spiro atoms. The van der Waals surface area contributed by atoms with Gasteiger partial charge >= 0.3 is 0 Å². The average Bonchev–Trinajstić information content (AvgIpc) is 3.12. The zero-order chi connectivity index (χ0) is 13.5. The van der Waals surface area contributed by atoms with E-state index >= 15 is 0 Å². The normalized spacial score (nSPS) is 14.8. The highest BCUT2D eigenvalue weighted by atomic mass is 127. The summed E-state index contributed by atoms with van der Waals surface area (Å²) in [5.74, 6) is 1.97. The topological polar surface area (TPSA) is 67.1 Å². The van der Waals surface area contributed by atoms with Crippen LogP contribution in [0.1, 0.15) is 38.9 Å². The molecule has 2 rings (SSSR count). The molecule has 1 aliphatic carbocycles. The SMILES string of the molecule is CCCN=C(NCCn1cnnc1CC)NC1CC1.I. The Morgan fingerprint density at radius 3 is 2.90 bits per heavy atom. The van der Waals surface area contributed by atoms with Crippen LogP contribution < -0.4 is 10.6 Å². The summed E-state index contributed by atoms with van der Waals surface area (Å²) in [6.45, 7) is 6.82. The van der Waals surface area contributed by atoms with Crippen molar-refractivity contribution in [2.24, 2.45) is 4.99 Å². The molecule has 1 heterocycles. The molecule has 0 radical (unpaired) electrons. The zero-order valence-corrected chi connectivity index (χ0v) is 14.6. The Hall–Kier alpha value is -0.860. The summed E-state index contributed by atoms with van der Waals surface area (Å²) < 4.78 is 2.08. The van der Waals surface area contributed by atoms with Crippen molar-refractivity contribution in [2.45, 2.75) is 52.1 Å². The maximum absolute atomic E-state index is 4.54. The number of hydrogen-bond acceptors (Lipinski definition) is 3. The molecule has 0 aliphatic heterocycles. The minimum absolute atomic E-state index is 0. The number of aryl methyl sites for hydroxylation is 1.